The SMILES string of the molecule is Cl.c1ccc(C(OCCN2CC3CCC(CC3)C2)c2ccccc2)cc1. The molecule has 2 aliphatic heterocycles. The molecule has 26 heavy (non-hydrogen) atoms. The standard InChI is InChI=1S/C23H29NO.ClH/c1-3-7-21(8-4-1)23(22-9-5-2-6-10-22)25-16-15-24-17-19-11-12-20(18-24)14-13-19;/h1-10,19-20,23H,11-18H2;1H. The second-order valence-electron chi connectivity index (χ2n) is 7.72. The minimum atomic E-state index is 0. The van der Waals surface area contributed by atoms with Gasteiger partial charge in [0.05, 0.1) is 6.61 Å². The summed E-state index contributed by atoms with van der Waals surface area (Å²) in [5, 5.41) is 0. The average molecular weight is 372 g/mol. The molecule has 2 nitrogen and oxygen atoms in total. The van der Waals surface area contributed by atoms with Gasteiger partial charge in [0, 0.05) is 19.6 Å². The molecular weight excluding hydrogens is 342 g/mol. The van der Waals surface area contributed by atoms with Crippen molar-refractivity contribution >= 4 is 12.4 Å². The Kier molecular flexibility index (Phi) is 7.13. The summed E-state index contributed by atoms with van der Waals surface area (Å²) in [5.41, 5.74) is 2.48. The van der Waals surface area contributed by atoms with Crippen LogP contribution in [0.3, 0.4) is 0 Å². The van der Waals surface area contributed by atoms with Crippen molar-refractivity contribution in [3.63, 3.8) is 0 Å². The van der Waals surface area contributed by atoms with Crippen molar-refractivity contribution in [3.05, 3.63) is 71.8 Å². The molecule has 3 fully saturated rings. The molecule has 0 unspecified atom stereocenters. The Morgan fingerprint density at radius 2 is 1.23 bits per heavy atom. The summed E-state index contributed by atoms with van der Waals surface area (Å²) in [4.78, 5) is 2.66. The largest absolute Gasteiger partial charge is 0.367 e. The Hall–Kier alpha value is -1.35. The number of hydrogen-bond acceptors (Lipinski definition) is 2. The third-order valence-electron chi connectivity index (χ3n) is 5.90. The smallest absolute Gasteiger partial charge is 0.108 e. The zero-order valence-electron chi connectivity index (χ0n) is 15.4. The zero-order chi connectivity index (χ0) is 16.9. The van der Waals surface area contributed by atoms with Crippen molar-refractivity contribution in [2.75, 3.05) is 26.2 Å². The molecule has 3 heteroatoms. The van der Waals surface area contributed by atoms with Crippen LogP contribution in [0.25, 0.3) is 0 Å². The first-order valence-electron chi connectivity index (χ1n) is 9.82. The summed E-state index contributed by atoms with van der Waals surface area (Å²) >= 11 is 0. The molecule has 1 aliphatic carbocycles. The van der Waals surface area contributed by atoms with Crippen LogP contribution < -0.4 is 0 Å². The highest BCUT2D eigenvalue weighted by molar-refractivity contribution is 5.85. The van der Waals surface area contributed by atoms with Crippen molar-refractivity contribution in [1.82, 2.24) is 4.90 Å². The summed E-state index contributed by atoms with van der Waals surface area (Å²) in [6, 6.07) is 21.2. The van der Waals surface area contributed by atoms with E-state index >= 15 is 0 Å². The van der Waals surface area contributed by atoms with Crippen LogP contribution in [0.15, 0.2) is 60.7 Å². The summed E-state index contributed by atoms with van der Waals surface area (Å²) in [5.74, 6) is 1.86. The molecular formula is C23H30ClNO. The van der Waals surface area contributed by atoms with Gasteiger partial charge < -0.3 is 9.64 Å². The summed E-state index contributed by atoms with van der Waals surface area (Å²) < 4.78 is 6.41. The molecule has 140 valence electrons. The van der Waals surface area contributed by atoms with Gasteiger partial charge in [0.1, 0.15) is 6.10 Å². The van der Waals surface area contributed by atoms with Crippen LogP contribution in [-0.4, -0.2) is 31.1 Å². The highest BCUT2D eigenvalue weighted by Crippen LogP contribution is 2.34. The molecule has 2 bridgehead atoms. The van der Waals surface area contributed by atoms with E-state index in [1.54, 1.807) is 0 Å². The summed E-state index contributed by atoms with van der Waals surface area (Å²) in [7, 11) is 0. The van der Waals surface area contributed by atoms with E-state index in [0.29, 0.717) is 0 Å². The predicted octanol–water partition coefficient (Wildman–Crippen LogP) is 5.34. The molecule has 0 aromatic heterocycles. The van der Waals surface area contributed by atoms with E-state index in [4.69, 9.17) is 4.74 Å². The normalized spacial score (nSPS) is 22.8. The van der Waals surface area contributed by atoms with E-state index in [0.717, 1.165) is 25.0 Å². The summed E-state index contributed by atoms with van der Waals surface area (Å²) in [6.07, 6.45) is 5.81. The van der Waals surface area contributed by atoms with Crippen molar-refractivity contribution in [1.29, 1.82) is 0 Å². The number of halogens is 1. The first-order chi connectivity index (χ1) is 12.4. The second kappa shape index (κ2) is 9.55. The molecule has 0 amide bonds. The average Bonchev–Trinajstić information content (AvgIpc) is 2.99. The number of fused-ring (bicyclic) bond motifs is 4. The van der Waals surface area contributed by atoms with Crippen LogP contribution in [-0.2, 0) is 4.74 Å². The molecule has 0 spiro atoms. The fourth-order valence-corrected chi connectivity index (χ4v) is 4.52. The van der Waals surface area contributed by atoms with Gasteiger partial charge in [0.2, 0.25) is 0 Å². The molecule has 2 saturated heterocycles. The van der Waals surface area contributed by atoms with Crippen molar-refractivity contribution < 1.29 is 4.74 Å². The third-order valence-corrected chi connectivity index (χ3v) is 5.90. The maximum absolute atomic E-state index is 6.41. The molecule has 0 radical (unpaired) electrons. The maximum Gasteiger partial charge on any atom is 0.108 e. The molecule has 0 N–H and O–H groups in total. The van der Waals surface area contributed by atoms with E-state index in [1.165, 1.54) is 49.9 Å². The van der Waals surface area contributed by atoms with Gasteiger partial charge in [0.15, 0.2) is 0 Å². The minimum absolute atomic E-state index is 0. The molecule has 5 rings (SSSR count). The third kappa shape index (κ3) is 4.88. The quantitative estimate of drug-likeness (QED) is 0.679. The molecule has 1 saturated carbocycles. The van der Waals surface area contributed by atoms with Crippen LogP contribution in [0, 0.1) is 11.8 Å². The van der Waals surface area contributed by atoms with Crippen molar-refractivity contribution in [2.24, 2.45) is 11.8 Å². The van der Waals surface area contributed by atoms with E-state index in [2.05, 4.69) is 65.6 Å². The van der Waals surface area contributed by atoms with Crippen LogP contribution in [0.5, 0.6) is 0 Å². The van der Waals surface area contributed by atoms with Gasteiger partial charge in [0.25, 0.3) is 0 Å². The Morgan fingerprint density at radius 3 is 1.69 bits per heavy atom. The predicted molar refractivity (Wildman–Crippen MR) is 110 cm³/mol. The molecule has 2 aromatic rings. The van der Waals surface area contributed by atoms with Crippen LogP contribution in [0.4, 0.5) is 0 Å². The van der Waals surface area contributed by atoms with Crippen molar-refractivity contribution in [3.8, 4) is 0 Å². The van der Waals surface area contributed by atoms with Gasteiger partial charge in [-0.2, -0.15) is 0 Å². The first kappa shape index (κ1) is 19.4. The first-order valence-corrected chi connectivity index (χ1v) is 9.82. The van der Waals surface area contributed by atoms with Crippen LogP contribution in [0.1, 0.15) is 42.9 Å². The molecule has 2 aromatic carbocycles. The van der Waals surface area contributed by atoms with Gasteiger partial charge in [-0.05, 0) is 48.6 Å². The number of nitrogens with zero attached hydrogens (tertiary/aromatic N) is 1. The van der Waals surface area contributed by atoms with Crippen molar-refractivity contribution in [2.45, 2.75) is 31.8 Å². The summed E-state index contributed by atoms with van der Waals surface area (Å²) in [6.45, 7) is 4.42. The Labute approximate surface area is 164 Å². The molecule has 0 atom stereocenters. The molecule has 2 heterocycles. The minimum Gasteiger partial charge on any atom is -0.367 e. The van der Waals surface area contributed by atoms with Gasteiger partial charge in [-0.25, -0.2) is 0 Å². The van der Waals surface area contributed by atoms with E-state index in [-0.39, 0.29) is 18.5 Å². The second-order valence-corrected chi connectivity index (χ2v) is 7.72. The highest BCUT2D eigenvalue weighted by Gasteiger charge is 2.29. The van der Waals surface area contributed by atoms with E-state index < -0.39 is 0 Å². The topological polar surface area (TPSA) is 12.5 Å². The lowest BCUT2D eigenvalue weighted by molar-refractivity contribution is 0.0578. The number of ether oxygens (including phenoxy) is 1. The number of hydrogen-bond donors (Lipinski definition) is 0. The Bertz CT molecular complexity index is 586. The lowest BCUT2D eigenvalue weighted by Crippen LogP contribution is -2.32. The fraction of sp³-hybridized carbons (Fsp3) is 0.478. The number of rotatable bonds is 6. The Balaban J connectivity index is 0.00000196. The van der Waals surface area contributed by atoms with E-state index in [1.807, 2.05) is 0 Å². The van der Waals surface area contributed by atoms with Gasteiger partial charge in [-0.1, -0.05) is 60.7 Å². The lowest BCUT2D eigenvalue weighted by Gasteiger charge is -2.24. The molecule has 3 aliphatic rings. The lowest BCUT2D eigenvalue weighted by atomic mass is 9.84. The van der Waals surface area contributed by atoms with Gasteiger partial charge >= 0.3 is 0 Å². The van der Waals surface area contributed by atoms with Crippen LogP contribution >= 0.6 is 12.4 Å². The highest BCUT2D eigenvalue weighted by atomic mass is 35.5. The fourth-order valence-electron chi connectivity index (χ4n) is 4.52. The zero-order valence-corrected chi connectivity index (χ0v) is 16.2. The van der Waals surface area contributed by atoms with Crippen LogP contribution in [0.2, 0.25) is 0 Å². The number of benzene rings is 2. The Morgan fingerprint density at radius 1 is 0.769 bits per heavy atom. The van der Waals surface area contributed by atoms with E-state index in [9.17, 15) is 0 Å². The van der Waals surface area contributed by atoms with Gasteiger partial charge in [-0.15, -0.1) is 12.4 Å². The monoisotopic (exact) mass is 371 g/mol. The van der Waals surface area contributed by atoms with Gasteiger partial charge in [-0.3, -0.25) is 0 Å². The maximum atomic E-state index is 6.41.